The first-order valence-electron chi connectivity index (χ1n) is 3.49. The Morgan fingerprint density at radius 2 is 2.08 bits per heavy atom. The van der Waals surface area contributed by atoms with E-state index in [0.29, 0.717) is 0 Å². The van der Waals surface area contributed by atoms with Crippen LogP contribution in [0.25, 0.3) is 0 Å². The minimum atomic E-state index is 1.11. The second-order valence-electron chi connectivity index (χ2n) is 2.24. The van der Waals surface area contributed by atoms with Crippen LogP contribution in [0.5, 0.6) is 0 Å². The van der Waals surface area contributed by atoms with Gasteiger partial charge in [0.15, 0.2) is 0 Å². The topological polar surface area (TPSA) is 25.8 Å². The molecule has 0 saturated carbocycles. The van der Waals surface area contributed by atoms with Crippen molar-refractivity contribution < 1.29 is 0 Å². The second-order valence-corrected chi connectivity index (χ2v) is 4.05. The van der Waals surface area contributed by atoms with Crippen LogP contribution in [-0.4, -0.2) is 9.97 Å². The van der Waals surface area contributed by atoms with Gasteiger partial charge in [0.05, 0.1) is 11.0 Å². The summed E-state index contributed by atoms with van der Waals surface area (Å²) < 4.78 is 0. The van der Waals surface area contributed by atoms with Crippen LogP contribution < -0.4 is 0 Å². The van der Waals surface area contributed by atoms with Gasteiger partial charge in [0.2, 0.25) is 0 Å². The van der Waals surface area contributed by atoms with E-state index < -0.39 is 0 Å². The van der Waals surface area contributed by atoms with Gasteiger partial charge in [-0.05, 0) is 13.8 Å². The maximum absolute atomic E-state index is 3.94. The standard InChI is InChI=1S/2C4H5NS/c1-4-2-6-3-5-4;1-4-2-5-3-6-4/h2*2-3H,1H3. The predicted molar refractivity (Wildman–Crippen MR) is 53.7 cm³/mol. The molecule has 0 unspecified atom stereocenters. The highest BCUT2D eigenvalue weighted by atomic mass is 32.1. The first-order valence-corrected chi connectivity index (χ1v) is 5.31. The van der Waals surface area contributed by atoms with Gasteiger partial charge in [-0.25, -0.2) is 0 Å². The van der Waals surface area contributed by atoms with Gasteiger partial charge in [-0.1, -0.05) is 0 Å². The van der Waals surface area contributed by atoms with E-state index in [9.17, 15) is 0 Å². The minimum absolute atomic E-state index is 1.11. The summed E-state index contributed by atoms with van der Waals surface area (Å²) in [7, 11) is 0. The molecule has 4 heteroatoms. The summed E-state index contributed by atoms with van der Waals surface area (Å²) in [6, 6.07) is 0. The van der Waals surface area contributed by atoms with Crippen molar-refractivity contribution in [1.82, 2.24) is 9.97 Å². The van der Waals surface area contributed by atoms with Crippen LogP contribution >= 0.6 is 22.7 Å². The predicted octanol–water partition coefficient (Wildman–Crippen LogP) is 2.90. The van der Waals surface area contributed by atoms with Crippen molar-refractivity contribution in [2.45, 2.75) is 13.8 Å². The molecule has 0 fully saturated rings. The van der Waals surface area contributed by atoms with Crippen molar-refractivity contribution in [1.29, 1.82) is 0 Å². The lowest BCUT2D eigenvalue weighted by molar-refractivity contribution is 1.27. The maximum atomic E-state index is 3.94. The molecule has 2 aromatic heterocycles. The zero-order valence-electron chi connectivity index (χ0n) is 7.02. The summed E-state index contributed by atoms with van der Waals surface area (Å²) in [4.78, 5) is 9.05. The molecule has 0 atom stereocenters. The average Bonchev–Trinajstić information content (AvgIpc) is 2.63. The molecule has 0 radical (unpaired) electrons. The zero-order chi connectivity index (χ0) is 8.81. The molecule has 2 rings (SSSR count). The van der Waals surface area contributed by atoms with Crippen molar-refractivity contribution >= 4 is 22.7 Å². The Morgan fingerprint density at radius 3 is 2.25 bits per heavy atom. The Bertz CT molecular complexity index is 254. The highest BCUT2D eigenvalue weighted by molar-refractivity contribution is 7.09. The van der Waals surface area contributed by atoms with E-state index in [-0.39, 0.29) is 0 Å². The van der Waals surface area contributed by atoms with Gasteiger partial charge in [0.25, 0.3) is 0 Å². The van der Waals surface area contributed by atoms with Gasteiger partial charge in [0, 0.05) is 22.1 Å². The molecule has 2 nitrogen and oxygen atoms in total. The van der Waals surface area contributed by atoms with Crippen molar-refractivity contribution in [3.63, 3.8) is 0 Å². The van der Waals surface area contributed by atoms with Gasteiger partial charge in [-0.2, -0.15) is 0 Å². The molecule has 0 bridgehead atoms. The number of hydrogen-bond donors (Lipinski definition) is 0. The molecule has 0 spiro atoms. The van der Waals surface area contributed by atoms with E-state index >= 15 is 0 Å². The lowest BCUT2D eigenvalue weighted by Gasteiger charge is -1.64. The monoisotopic (exact) mass is 198 g/mol. The summed E-state index contributed by atoms with van der Waals surface area (Å²) in [6.45, 7) is 4.02. The second kappa shape index (κ2) is 5.00. The Balaban J connectivity index is 0.000000120. The van der Waals surface area contributed by atoms with Gasteiger partial charge in [-0.3, -0.25) is 9.97 Å². The smallest absolute Gasteiger partial charge is 0.0794 e. The molecule has 0 aliphatic carbocycles. The Hall–Kier alpha value is -0.740. The molecule has 0 aromatic carbocycles. The van der Waals surface area contributed by atoms with E-state index in [1.54, 1.807) is 22.7 Å². The summed E-state index contributed by atoms with van der Waals surface area (Å²) in [5, 5.41) is 2.01. The molecule has 2 heterocycles. The third kappa shape index (κ3) is 3.59. The molecule has 0 amide bonds. The zero-order valence-corrected chi connectivity index (χ0v) is 8.65. The first-order chi connectivity index (χ1) is 5.79. The highest BCUT2D eigenvalue weighted by Gasteiger charge is 1.76. The van der Waals surface area contributed by atoms with Crippen molar-refractivity contribution in [2.75, 3.05) is 0 Å². The molecule has 64 valence electrons. The lowest BCUT2D eigenvalue weighted by atomic mass is 10.6. The Kier molecular flexibility index (Phi) is 3.90. The fourth-order valence-electron chi connectivity index (χ4n) is 0.552. The summed E-state index contributed by atoms with van der Waals surface area (Å²) in [5.74, 6) is 0. The third-order valence-electron chi connectivity index (χ3n) is 1.11. The van der Waals surface area contributed by atoms with Gasteiger partial charge < -0.3 is 0 Å². The normalized spacial score (nSPS) is 8.83. The minimum Gasteiger partial charge on any atom is -0.253 e. The number of nitrogens with zero attached hydrogens (tertiary/aromatic N) is 2. The van der Waals surface area contributed by atoms with Crippen LogP contribution in [0.4, 0.5) is 0 Å². The number of rotatable bonds is 0. The van der Waals surface area contributed by atoms with Crippen LogP contribution in [0, 0.1) is 13.8 Å². The quantitative estimate of drug-likeness (QED) is 0.650. The fraction of sp³-hybridized carbons (Fsp3) is 0.250. The van der Waals surface area contributed by atoms with E-state index in [2.05, 4.69) is 9.97 Å². The molecular formula is C8H10N2S2. The number of thiazole rings is 2. The Labute approximate surface area is 79.9 Å². The molecule has 2 aromatic rings. The Morgan fingerprint density at radius 1 is 1.25 bits per heavy atom. The third-order valence-corrected chi connectivity index (χ3v) is 2.52. The van der Waals surface area contributed by atoms with E-state index in [1.807, 2.05) is 36.4 Å². The largest absolute Gasteiger partial charge is 0.253 e. The van der Waals surface area contributed by atoms with Crippen molar-refractivity contribution in [3.8, 4) is 0 Å². The van der Waals surface area contributed by atoms with Crippen LogP contribution in [0.3, 0.4) is 0 Å². The van der Waals surface area contributed by atoms with Crippen LogP contribution in [-0.2, 0) is 0 Å². The summed E-state index contributed by atoms with van der Waals surface area (Å²) in [6.07, 6.45) is 1.85. The maximum Gasteiger partial charge on any atom is 0.0794 e. The number of hydrogen-bond acceptors (Lipinski definition) is 4. The van der Waals surface area contributed by atoms with Gasteiger partial charge in [-0.15, -0.1) is 22.7 Å². The number of aryl methyl sites for hydroxylation is 2. The molecule has 0 aliphatic rings. The summed E-state index contributed by atoms with van der Waals surface area (Å²) >= 11 is 3.30. The van der Waals surface area contributed by atoms with Crippen LogP contribution in [0.15, 0.2) is 22.6 Å². The van der Waals surface area contributed by atoms with Crippen molar-refractivity contribution in [3.05, 3.63) is 33.2 Å². The SMILES string of the molecule is Cc1cncs1.Cc1cscn1. The average molecular weight is 198 g/mol. The lowest BCUT2D eigenvalue weighted by Crippen LogP contribution is -1.59. The first kappa shape index (κ1) is 9.35. The van der Waals surface area contributed by atoms with Crippen molar-refractivity contribution in [2.24, 2.45) is 0 Å². The van der Waals surface area contributed by atoms with E-state index in [0.717, 1.165) is 5.69 Å². The van der Waals surface area contributed by atoms with Crippen LogP contribution in [0.2, 0.25) is 0 Å². The molecule has 0 aliphatic heterocycles. The molecule has 12 heavy (non-hydrogen) atoms. The molecule has 0 saturated heterocycles. The molecular weight excluding hydrogens is 188 g/mol. The van der Waals surface area contributed by atoms with E-state index in [1.165, 1.54) is 4.88 Å². The summed E-state index contributed by atoms with van der Waals surface area (Å²) in [5.41, 5.74) is 4.77. The molecule has 0 N–H and O–H groups in total. The van der Waals surface area contributed by atoms with Gasteiger partial charge >= 0.3 is 0 Å². The fourth-order valence-corrected chi connectivity index (χ4v) is 1.51. The highest BCUT2D eigenvalue weighted by Crippen LogP contribution is 1.99. The van der Waals surface area contributed by atoms with E-state index in [4.69, 9.17) is 0 Å². The van der Waals surface area contributed by atoms with Gasteiger partial charge in [0.1, 0.15) is 0 Å². The number of aromatic nitrogens is 2. The van der Waals surface area contributed by atoms with Crippen LogP contribution in [0.1, 0.15) is 10.6 Å².